The standard InChI is InChI=1S/C21H38N6O8S/c1-36-11-9-15(21(34)35)27-19(32)13(4-2-3-10-22)26-20(33)14(6-7-16(24)28)25-18(31)12(23)5-8-17(29)30/h12-15H,2-11,22-23H2,1H3,(H2,24,28)(H,25,31)(H,26,33)(H,27,32)(H,29,30)(H,34,35). The largest absolute Gasteiger partial charge is 0.481 e. The average Bonchev–Trinajstić information content (AvgIpc) is 2.81. The Kier molecular flexibility index (Phi) is 16.9. The SMILES string of the molecule is CSCCC(NC(=O)C(CCCCN)NC(=O)C(CCC(N)=O)NC(=O)C(N)CCC(=O)O)C(=O)O. The summed E-state index contributed by atoms with van der Waals surface area (Å²) in [5.74, 6) is -4.94. The third-order valence-corrected chi connectivity index (χ3v) is 5.77. The minimum atomic E-state index is -1.29. The van der Waals surface area contributed by atoms with Crippen LogP contribution < -0.4 is 33.2 Å². The number of thioether (sulfide) groups is 1. The Morgan fingerprint density at radius 1 is 0.778 bits per heavy atom. The van der Waals surface area contributed by atoms with Crippen molar-refractivity contribution >= 4 is 47.3 Å². The van der Waals surface area contributed by atoms with Crippen molar-refractivity contribution in [3.05, 3.63) is 0 Å². The molecule has 0 saturated heterocycles. The predicted molar refractivity (Wildman–Crippen MR) is 133 cm³/mol. The lowest BCUT2D eigenvalue weighted by Gasteiger charge is -2.25. The van der Waals surface area contributed by atoms with Crippen LogP contribution in [0, 0.1) is 0 Å². The minimum Gasteiger partial charge on any atom is -0.481 e. The fourth-order valence-corrected chi connectivity index (χ4v) is 3.51. The van der Waals surface area contributed by atoms with E-state index in [1.54, 1.807) is 6.26 Å². The van der Waals surface area contributed by atoms with Crippen LogP contribution >= 0.6 is 11.8 Å². The first-order valence-electron chi connectivity index (χ1n) is 11.5. The summed E-state index contributed by atoms with van der Waals surface area (Å²) in [6.07, 6.45) is 2.13. The molecule has 0 aromatic rings. The third-order valence-electron chi connectivity index (χ3n) is 5.12. The molecule has 0 radical (unpaired) electrons. The molecule has 0 aliphatic carbocycles. The lowest BCUT2D eigenvalue weighted by molar-refractivity contribution is -0.142. The van der Waals surface area contributed by atoms with Crippen LogP contribution in [0.25, 0.3) is 0 Å². The second-order valence-corrected chi connectivity index (χ2v) is 9.12. The van der Waals surface area contributed by atoms with Crippen molar-refractivity contribution in [2.24, 2.45) is 17.2 Å². The Balaban J connectivity index is 5.53. The highest BCUT2D eigenvalue weighted by Gasteiger charge is 2.30. The molecule has 14 nitrogen and oxygen atoms in total. The van der Waals surface area contributed by atoms with Crippen molar-refractivity contribution in [1.29, 1.82) is 0 Å². The van der Waals surface area contributed by atoms with Crippen LogP contribution in [-0.4, -0.2) is 88.5 Å². The van der Waals surface area contributed by atoms with E-state index in [2.05, 4.69) is 16.0 Å². The third kappa shape index (κ3) is 14.5. The maximum Gasteiger partial charge on any atom is 0.326 e. The lowest BCUT2D eigenvalue weighted by Crippen LogP contribution is -2.57. The van der Waals surface area contributed by atoms with E-state index in [9.17, 15) is 33.9 Å². The zero-order chi connectivity index (χ0) is 27.7. The van der Waals surface area contributed by atoms with Crippen molar-refractivity contribution in [3.63, 3.8) is 0 Å². The summed E-state index contributed by atoms with van der Waals surface area (Å²) in [6, 6.07) is -4.80. The van der Waals surface area contributed by atoms with Crippen LogP contribution in [0.2, 0.25) is 0 Å². The molecule has 206 valence electrons. The molecule has 4 atom stereocenters. The summed E-state index contributed by atoms with van der Waals surface area (Å²) in [5, 5.41) is 25.5. The molecule has 0 rings (SSSR count). The number of primary amides is 1. The van der Waals surface area contributed by atoms with Crippen LogP contribution in [0.1, 0.15) is 51.4 Å². The van der Waals surface area contributed by atoms with Crippen LogP contribution in [0.3, 0.4) is 0 Å². The number of rotatable bonds is 20. The molecule has 36 heavy (non-hydrogen) atoms. The van der Waals surface area contributed by atoms with Gasteiger partial charge in [-0.1, -0.05) is 0 Å². The molecule has 0 aromatic carbocycles. The quantitative estimate of drug-likeness (QED) is 0.0782. The van der Waals surface area contributed by atoms with Gasteiger partial charge in [0, 0.05) is 12.8 Å². The van der Waals surface area contributed by atoms with Gasteiger partial charge in [0.05, 0.1) is 6.04 Å². The first kappa shape index (κ1) is 33.1. The van der Waals surface area contributed by atoms with Gasteiger partial charge in [-0.05, 0) is 57.1 Å². The first-order valence-corrected chi connectivity index (χ1v) is 12.9. The van der Waals surface area contributed by atoms with Gasteiger partial charge in [0.1, 0.15) is 18.1 Å². The van der Waals surface area contributed by atoms with Crippen molar-refractivity contribution in [2.75, 3.05) is 18.6 Å². The summed E-state index contributed by atoms with van der Waals surface area (Å²) in [4.78, 5) is 71.7. The Bertz CT molecular complexity index is 769. The Labute approximate surface area is 213 Å². The van der Waals surface area contributed by atoms with Gasteiger partial charge >= 0.3 is 11.9 Å². The highest BCUT2D eigenvalue weighted by molar-refractivity contribution is 7.98. The second-order valence-electron chi connectivity index (χ2n) is 8.13. The zero-order valence-corrected chi connectivity index (χ0v) is 21.2. The molecule has 0 aliphatic heterocycles. The summed E-state index contributed by atoms with van der Waals surface area (Å²) in [6.45, 7) is 0.347. The molecule has 0 aromatic heterocycles. The molecule has 11 N–H and O–H groups in total. The Morgan fingerprint density at radius 2 is 1.33 bits per heavy atom. The van der Waals surface area contributed by atoms with Gasteiger partial charge in [0.15, 0.2) is 0 Å². The van der Waals surface area contributed by atoms with E-state index in [1.807, 2.05) is 0 Å². The molecule has 15 heteroatoms. The molecule has 0 heterocycles. The normalized spacial score (nSPS) is 14.1. The number of carboxylic acids is 2. The van der Waals surface area contributed by atoms with Gasteiger partial charge in [0.2, 0.25) is 23.6 Å². The number of aliphatic carboxylic acids is 2. The summed E-state index contributed by atoms with van der Waals surface area (Å²) in [7, 11) is 0. The summed E-state index contributed by atoms with van der Waals surface area (Å²) < 4.78 is 0. The van der Waals surface area contributed by atoms with Gasteiger partial charge in [-0.15, -0.1) is 0 Å². The molecule has 4 unspecified atom stereocenters. The molecular weight excluding hydrogens is 496 g/mol. The van der Waals surface area contributed by atoms with Gasteiger partial charge < -0.3 is 43.4 Å². The van der Waals surface area contributed by atoms with E-state index in [4.69, 9.17) is 22.3 Å². The maximum atomic E-state index is 13.0. The topological polar surface area (TPSA) is 257 Å². The Hall–Kier alpha value is -2.91. The highest BCUT2D eigenvalue weighted by Crippen LogP contribution is 2.07. The zero-order valence-electron chi connectivity index (χ0n) is 20.4. The molecule has 0 spiro atoms. The van der Waals surface area contributed by atoms with E-state index in [0.717, 1.165) is 0 Å². The molecule has 0 aliphatic rings. The predicted octanol–water partition coefficient (Wildman–Crippen LogP) is -2.13. The number of hydrogen-bond acceptors (Lipinski definition) is 9. The van der Waals surface area contributed by atoms with E-state index >= 15 is 0 Å². The second kappa shape index (κ2) is 18.4. The van der Waals surface area contributed by atoms with Crippen molar-refractivity contribution in [1.82, 2.24) is 16.0 Å². The number of hydrogen-bond donors (Lipinski definition) is 8. The van der Waals surface area contributed by atoms with Crippen LogP contribution in [0.5, 0.6) is 0 Å². The van der Waals surface area contributed by atoms with Gasteiger partial charge in [-0.25, -0.2) is 4.79 Å². The molecule has 4 amide bonds. The maximum absolute atomic E-state index is 13.0. The minimum absolute atomic E-state index is 0.151. The van der Waals surface area contributed by atoms with Gasteiger partial charge in [-0.3, -0.25) is 24.0 Å². The lowest BCUT2D eigenvalue weighted by atomic mass is 10.0. The van der Waals surface area contributed by atoms with Crippen molar-refractivity contribution < 1.29 is 39.0 Å². The molecule has 0 fully saturated rings. The van der Waals surface area contributed by atoms with Gasteiger partial charge in [-0.2, -0.15) is 11.8 Å². The van der Waals surface area contributed by atoms with E-state index in [-0.39, 0.29) is 38.5 Å². The molecule has 0 bridgehead atoms. The molecule has 0 saturated carbocycles. The number of carbonyl (C=O) groups excluding carboxylic acids is 4. The van der Waals surface area contributed by atoms with Crippen molar-refractivity contribution in [2.45, 2.75) is 75.5 Å². The monoisotopic (exact) mass is 534 g/mol. The highest BCUT2D eigenvalue weighted by atomic mass is 32.2. The molecular formula is C21H38N6O8S. The van der Waals surface area contributed by atoms with Crippen LogP contribution in [0.4, 0.5) is 0 Å². The fourth-order valence-electron chi connectivity index (χ4n) is 3.04. The number of carboxylic acid groups (broad SMARTS) is 2. The van der Waals surface area contributed by atoms with E-state index in [0.29, 0.717) is 25.1 Å². The summed E-state index contributed by atoms with van der Waals surface area (Å²) in [5.41, 5.74) is 16.4. The Morgan fingerprint density at radius 3 is 1.83 bits per heavy atom. The van der Waals surface area contributed by atoms with Gasteiger partial charge in [0.25, 0.3) is 0 Å². The number of nitrogens with one attached hydrogen (secondary N) is 3. The van der Waals surface area contributed by atoms with Crippen LogP contribution in [-0.2, 0) is 28.8 Å². The van der Waals surface area contributed by atoms with Crippen molar-refractivity contribution in [3.8, 4) is 0 Å². The first-order chi connectivity index (χ1) is 16.9. The number of amides is 4. The van der Waals surface area contributed by atoms with E-state index < -0.39 is 59.7 Å². The number of nitrogens with two attached hydrogens (primary N) is 3. The number of unbranched alkanes of at least 4 members (excludes halogenated alkanes) is 1. The smallest absolute Gasteiger partial charge is 0.326 e. The number of carbonyl (C=O) groups is 6. The fraction of sp³-hybridized carbons (Fsp3) is 0.714. The van der Waals surface area contributed by atoms with E-state index in [1.165, 1.54) is 11.8 Å². The average molecular weight is 535 g/mol. The summed E-state index contributed by atoms with van der Waals surface area (Å²) >= 11 is 1.42. The van der Waals surface area contributed by atoms with Crippen LogP contribution in [0.15, 0.2) is 0 Å².